The molecule has 60 valence electrons. The van der Waals surface area contributed by atoms with Crippen LogP contribution in [-0.4, -0.2) is 0 Å². The second-order valence-electron chi connectivity index (χ2n) is 1.99. The molecule has 0 aromatic heterocycles. The molecule has 0 atom stereocenters. The number of hydrogen-bond donors (Lipinski definition) is 0. The van der Waals surface area contributed by atoms with Gasteiger partial charge in [0, 0.05) is 9.80 Å². The van der Waals surface area contributed by atoms with Crippen LogP contribution in [0.3, 0.4) is 0 Å². The van der Waals surface area contributed by atoms with Gasteiger partial charge in [-0.05, 0) is 33.6 Å². The van der Waals surface area contributed by atoms with E-state index >= 15 is 0 Å². The van der Waals surface area contributed by atoms with Gasteiger partial charge in [-0.25, -0.2) is 4.39 Å². The van der Waals surface area contributed by atoms with Crippen molar-refractivity contribution in [1.29, 1.82) is 0 Å². The highest BCUT2D eigenvalue weighted by Gasteiger charge is 2.05. The molecule has 0 amide bonds. The maximum absolute atomic E-state index is 12.7. The minimum absolute atomic E-state index is 0.312. The van der Waals surface area contributed by atoms with Gasteiger partial charge in [-0.15, -0.1) is 0 Å². The van der Waals surface area contributed by atoms with Gasteiger partial charge >= 0.3 is 0 Å². The molecule has 1 aromatic carbocycles. The summed E-state index contributed by atoms with van der Waals surface area (Å²) in [6.07, 6.45) is 0. The molecule has 1 aromatic rings. The standard InChI is InChI=1S/C7H4Br2ClF/c8-3-4-1-5(11)2-6(10)7(4)9/h1-2H,3H2. The third-order valence-corrected chi connectivity index (χ3v) is 3.28. The van der Waals surface area contributed by atoms with Crippen molar-refractivity contribution in [3.8, 4) is 0 Å². The number of benzene rings is 1. The highest BCUT2D eigenvalue weighted by molar-refractivity contribution is 9.10. The predicted molar refractivity (Wildman–Crippen MR) is 51.7 cm³/mol. The van der Waals surface area contributed by atoms with Gasteiger partial charge in [-0.2, -0.15) is 0 Å². The maximum atomic E-state index is 12.7. The fraction of sp³-hybridized carbons (Fsp3) is 0.143. The highest BCUT2D eigenvalue weighted by atomic mass is 79.9. The summed E-state index contributed by atoms with van der Waals surface area (Å²) in [5.74, 6) is -0.312. The van der Waals surface area contributed by atoms with E-state index in [2.05, 4.69) is 31.9 Å². The molecule has 1 rings (SSSR count). The van der Waals surface area contributed by atoms with Crippen LogP contribution in [0.1, 0.15) is 5.56 Å². The molecule has 0 spiro atoms. The zero-order valence-electron chi connectivity index (χ0n) is 5.37. The van der Waals surface area contributed by atoms with E-state index in [1.165, 1.54) is 12.1 Å². The Balaban J connectivity index is 3.24. The Kier molecular flexibility index (Phi) is 3.34. The van der Waals surface area contributed by atoms with Crippen LogP contribution in [0.5, 0.6) is 0 Å². The number of alkyl halides is 1. The van der Waals surface area contributed by atoms with Gasteiger partial charge in [0.05, 0.1) is 5.02 Å². The lowest BCUT2D eigenvalue weighted by molar-refractivity contribution is 0.626. The number of halogens is 4. The molecular weight excluding hydrogens is 298 g/mol. The quantitative estimate of drug-likeness (QED) is 0.540. The summed E-state index contributed by atoms with van der Waals surface area (Å²) in [5, 5.41) is 0.991. The number of rotatable bonds is 1. The first kappa shape index (κ1) is 9.49. The average Bonchev–Trinajstić information content (AvgIpc) is 1.96. The first-order valence-electron chi connectivity index (χ1n) is 2.84. The first-order valence-corrected chi connectivity index (χ1v) is 5.13. The van der Waals surface area contributed by atoms with Gasteiger partial charge < -0.3 is 0 Å². The molecule has 0 radical (unpaired) electrons. The Morgan fingerprint density at radius 1 is 1.45 bits per heavy atom. The van der Waals surface area contributed by atoms with E-state index in [4.69, 9.17) is 11.6 Å². The largest absolute Gasteiger partial charge is 0.207 e. The van der Waals surface area contributed by atoms with Gasteiger partial charge in [0.15, 0.2) is 0 Å². The molecule has 0 saturated carbocycles. The molecule has 0 aliphatic rings. The van der Waals surface area contributed by atoms with Crippen molar-refractivity contribution >= 4 is 43.5 Å². The van der Waals surface area contributed by atoms with Gasteiger partial charge in [-0.3, -0.25) is 0 Å². The fourth-order valence-electron chi connectivity index (χ4n) is 0.707. The van der Waals surface area contributed by atoms with Crippen LogP contribution in [-0.2, 0) is 5.33 Å². The molecule has 0 unspecified atom stereocenters. The molecule has 11 heavy (non-hydrogen) atoms. The summed E-state index contributed by atoms with van der Waals surface area (Å²) in [6.45, 7) is 0. The molecular formula is C7H4Br2ClF. The second-order valence-corrected chi connectivity index (χ2v) is 3.76. The smallest absolute Gasteiger partial charge is 0.125 e. The van der Waals surface area contributed by atoms with E-state index in [1.54, 1.807) is 0 Å². The van der Waals surface area contributed by atoms with Crippen molar-refractivity contribution in [2.75, 3.05) is 0 Å². The summed E-state index contributed by atoms with van der Waals surface area (Å²) >= 11 is 12.2. The molecule has 0 heterocycles. The van der Waals surface area contributed by atoms with Crippen LogP contribution < -0.4 is 0 Å². The molecule has 0 aliphatic heterocycles. The summed E-state index contributed by atoms with van der Waals surface area (Å²) < 4.78 is 13.4. The third-order valence-electron chi connectivity index (χ3n) is 1.21. The second kappa shape index (κ2) is 3.87. The lowest BCUT2D eigenvalue weighted by atomic mass is 10.2. The Morgan fingerprint density at radius 2 is 2.09 bits per heavy atom. The van der Waals surface area contributed by atoms with Crippen molar-refractivity contribution in [2.24, 2.45) is 0 Å². The Labute approximate surface area is 86.0 Å². The van der Waals surface area contributed by atoms with Crippen LogP contribution in [0.25, 0.3) is 0 Å². The van der Waals surface area contributed by atoms with Crippen molar-refractivity contribution in [2.45, 2.75) is 5.33 Å². The summed E-state index contributed by atoms with van der Waals surface area (Å²) in [6, 6.07) is 2.71. The predicted octanol–water partition coefficient (Wildman–Crippen LogP) is 4.14. The molecule has 0 nitrogen and oxygen atoms in total. The fourth-order valence-corrected chi connectivity index (χ4v) is 2.12. The lowest BCUT2D eigenvalue weighted by Crippen LogP contribution is -1.84. The highest BCUT2D eigenvalue weighted by Crippen LogP contribution is 2.28. The number of hydrogen-bond acceptors (Lipinski definition) is 0. The maximum Gasteiger partial charge on any atom is 0.125 e. The Hall–Kier alpha value is 0.400. The molecule has 0 aliphatic carbocycles. The van der Waals surface area contributed by atoms with Gasteiger partial charge in [-0.1, -0.05) is 27.5 Å². The van der Waals surface area contributed by atoms with Crippen molar-refractivity contribution in [3.05, 3.63) is 33.0 Å². The van der Waals surface area contributed by atoms with Crippen LogP contribution >= 0.6 is 43.5 Å². The summed E-state index contributed by atoms with van der Waals surface area (Å²) in [7, 11) is 0. The van der Waals surface area contributed by atoms with Crippen LogP contribution in [0.4, 0.5) is 4.39 Å². The molecule has 0 saturated heterocycles. The topological polar surface area (TPSA) is 0 Å². The van der Waals surface area contributed by atoms with E-state index in [0.717, 1.165) is 10.0 Å². The normalized spacial score (nSPS) is 10.2. The summed E-state index contributed by atoms with van der Waals surface area (Å²) in [4.78, 5) is 0. The molecule has 4 heteroatoms. The van der Waals surface area contributed by atoms with E-state index < -0.39 is 0 Å². The monoisotopic (exact) mass is 300 g/mol. The molecule has 0 N–H and O–H groups in total. The van der Waals surface area contributed by atoms with Crippen LogP contribution in [0.2, 0.25) is 5.02 Å². The van der Waals surface area contributed by atoms with E-state index in [1.807, 2.05) is 0 Å². The molecule has 0 bridgehead atoms. The van der Waals surface area contributed by atoms with Gasteiger partial charge in [0.2, 0.25) is 0 Å². The van der Waals surface area contributed by atoms with Crippen molar-refractivity contribution in [3.63, 3.8) is 0 Å². The Bertz CT molecular complexity index is 275. The lowest BCUT2D eigenvalue weighted by Gasteiger charge is -2.01. The van der Waals surface area contributed by atoms with E-state index in [0.29, 0.717) is 10.4 Å². The minimum Gasteiger partial charge on any atom is -0.207 e. The van der Waals surface area contributed by atoms with Crippen molar-refractivity contribution < 1.29 is 4.39 Å². The minimum atomic E-state index is -0.312. The SMILES string of the molecule is Fc1cc(Cl)c(Br)c(CBr)c1. The van der Waals surface area contributed by atoms with E-state index in [-0.39, 0.29) is 5.82 Å². The first-order chi connectivity index (χ1) is 5.15. The van der Waals surface area contributed by atoms with Crippen molar-refractivity contribution in [1.82, 2.24) is 0 Å². The Morgan fingerprint density at radius 3 is 2.64 bits per heavy atom. The third kappa shape index (κ3) is 2.17. The van der Waals surface area contributed by atoms with E-state index in [9.17, 15) is 4.39 Å². The zero-order valence-corrected chi connectivity index (χ0v) is 9.30. The van der Waals surface area contributed by atoms with Crippen LogP contribution in [0.15, 0.2) is 16.6 Å². The van der Waals surface area contributed by atoms with Crippen LogP contribution in [0, 0.1) is 5.82 Å². The average molecular weight is 302 g/mol. The van der Waals surface area contributed by atoms with Gasteiger partial charge in [0.25, 0.3) is 0 Å². The zero-order chi connectivity index (χ0) is 8.43. The van der Waals surface area contributed by atoms with Gasteiger partial charge in [0.1, 0.15) is 5.82 Å². The molecule has 0 fully saturated rings. The summed E-state index contributed by atoms with van der Waals surface area (Å²) in [5.41, 5.74) is 0.815.